The van der Waals surface area contributed by atoms with Crippen LogP contribution >= 0.6 is 0 Å². The van der Waals surface area contributed by atoms with Crippen LogP contribution in [0.2, 0.25) is 0 Å². The molecule has 0 radical (unpaired) electrons. The van der Waals surface area contributed by atoms with Gasteiger partial charge in [0.15, 0.2) is 0 Å². The fourth-order valence-electron chi connectivity index (χ4n) is 2.69. The van der Waals surface area contributed by atoms with Gasteiger partial charge in [-0.2, -0.15) is 0 Å². The molecular weight excluding hydrogens is 236 g/mol. The van der Waals surface area contributed by atoms with Gasteiger partial charge in [-0.05, 0) is 52.1 Å². The molecule has 0 bridgehead atoms. The summed E-state index contributed by atoms with van der Waals surface area (Å²) in [6.07, 6.45) is 5.77. The van der Waals surface area contributed by atoms with Crippen LogP contribution in [-0.4, -0.2) is 48.3 Å². The Morgan fingerprint density at radius 1 is 1.32 bits per heavy atom. The standard InChI is InChI=1S/C16H32N2O/c1-13(2)5-8-18-9-6-15(7-10-18)17-16(12-19)11-14(3)4/h5,14-17,19H,6-12H2,1-4H3. The van der Waals surface area contributed by atoms with E-state index in [1.165, 1.54) is 31.5 Å². The predicted molar refractivity (Wildman–Crippen MR) is 82.4 cm³/mol. The summed E-state index contributed by atoms with van der Waals surface area (Å²) < 4.78 is 0. The summed E-state index contributed by atoms with van der Waals surface area (Å²) in [5, 5.41) is 13.1. The highest BCUT2D eigenvalue weighted by atomic mass is 16.3. The summed E-state index contributed by atoms with van der Waals surface area (Å²) >= 11 is 0. The lowest BCUT2D eigenvalue weighted by atomic mass is 10.00. The minimum Gasteiger partial charge on any atom is -0.395 e. The summed E-state index contributed by atoms with van der Waals surface area (Å²) in [5.74, 6) is 0.641. The number of likely N-dealkylation sites (tertiary alicyclic amines) is 1. The summed E-state index contributed by atoms with van der Waals surface area (Å²) in [4.78, 5) is 2.52. The van der Waals surface area contributed by atoms with E-state index in [0.29, 0.717) is 12.0 Å². The highest BCUT2D eigenvalue weighted by molar-refractivity contribution is 4.95. The first-order chi connectivity index (χ1) is 9.01. The molecule has 1 aliphatic heterocycles. The third-order valence-electron chi connectivity index (χ3n) is 3.79. The third kappa shape index (κ3) is 7.09. The molecule has 0 amide bonds. The lowest BCUT2D eigenvalue weighted by Gasteiger charge is -2.34. The normalized spacial score (nSPS) is 19.7. The Morgan fingerprint density at radius 3 is 2.42 bits per heavy atom. The summed E-state index contributed by atoms with van der Waals surface area (Å²) in [7, 11) is 0. The first kappa shape index (κ1) is 16.7. The monoisotopic (exact) mass is 268 g/mol. The molecule has 2 N–H and O–H groups in total. The molecular formula is C16H32N2O. The van der Waals surface area contributed by atoms with Gasteiger partial charge in [0.25, 0.3) is 0 Å². The van der Waals surface area contributed by atoms with Gasteiger partial charge < -0.3 is 10.4 Å². The van der Waals surface area contributed by atoms with Crippen LogP contribution in [0.15, 0.2) is 11.6 Å². The molecule has 0 aliphatic carbocycles. The van der Waals surface area contributed by atoms with Crippen LogP contribution in [0.25, 0.3) is 0 Å². The van der Waals surface area contributed by atoms with Crippen molar-refractivity contribution in [1.82, 2.24) is 10.2 Å². The SMILES string of the molecule is CC(C)=CCN1CCC(NC(CO)CC(C)C)CC1. The number of allylic oxidation sites excluding steroid dienone is 1. The van der Waals surface area contributed by atoms with Crippen LogP contribution < -0.4 is 5.32 Å². The Hall–Kier alpha value is -0.380. The Kier molecular flexibility index (Phi) is 7.66. The maximum absolute atomic E-state index is 9.42. The first-order valence-electron chi connectivity index (χ1n) is 7.74. The minimum absolute atomic E-state index is 0.260. The zero-order valence-corrected chi connectivity index (χ0v) is 13.2. The zero-order valence-electron chi connectivity index (χ0n) is 13.2. The highest BCUT2D eigenvalue weighted by Crippen LogP contribution is 2.13. The van der Waals surface area contributed by atoms with Gasteiger partial charge in [0.05, 0.1) is 6.61 Å². The first-order valence-corrected chi connectivity index (χ1v) is 7.74. The smallest absolute Gasteiger partial charge is 0.0584 e. The number of rotatable bonds is 7. The lowest BCUT2D eigenvalue weighted by molar-refractivity contribution is 0.171. The van der Waals surface area contributed by atoms with Gasteiger partial charge in [-0.1, -0.05) is 25.5 Å². The van der Waals surface area contributed by atoms with Crippen LogP contribution in [0.1, 0.15) is 47.0 Å². The van der Waals surface area contributed by atoms with E-state index in [-0.39, 0.29) is 12.6 Å². The third-order valence-corrected chi connectivity index (χ3v) is 3.79. The number of hydrogen-bond acceptors (Lipinski definition) is 3. The number of aliphatic hydroxyl groups is 1. The van der Waals surface area contributed by atoms with E-state index in [1.54, 1.807) is 0 Å². The van der Waals surface area contributed by atoms with Crippen molar-refractivity contribution in [3.8, 4) is 0 Å². The van der Waals surface area contributed by atoms with E-state index in [2.05, 4.69) is 44.0 Å². The Morgan fingerprint density at radius 2 is 1.95 bits per heavy atom. The molecule has 1 saturated heterocycles. The van der Waals surface area contributed by atoms with Crippen molar-refractivity contribution in [3.05, 3.63) is 11.6 Å². The lowest BCUT2D eigenvalue weighted by Crippen LogP contribution is -2.47. The average Bonchev–Trinajstić information content (AvgIpc) is 2.36. The van der Waals surface area contributed by atoms with E-state index < -0.39 is 0 Å². The van der Waals surface area contributed by atoms with Crippen LogP contribution in [-0.2, 0) is 0 Å². The van der Waals surface area contributed by atoms with Gasteiger partial charge in [0.2, 0.25) is 0 Å². The van der Waals surface area contributed by atoms with Crippen LogP contribution in [0.3, 0.4) is 0 Å². The number of aliphatic hydroxyl groups excluding tert-OH is 1. The molecule has 1 atom stereocenters. The molecule has 0 aromatic carbocycles. The maximum Gasteiger partial charge on any atom is 0.0584 e. The van der Waals surface area contributed by atoms with Crippen LogP contribution in [0, 0.1) is 5.92 Å². The fourth-order valence-corrected chi connectivity index (χ4v) is 2.69. The van der Waals surface area contributed by atoms with Crippen LogP contribution in [0.4, 0.5) is 0 Å². The minimum atomic E-state index is 0.260. The van der Waals surface area contributed by atoms with E-state index >= 15 is 0 Å². The number of hydrogen-bond donors (Lipinski definition) is 2. The van der Waals surface area contributed by atoms with Crippen molar-refractivity contribution < 1.29 is 5.11 Å². The van der Waals surface area contributed by atoms with E-state index in [9.17, 15) is 5.11 Å². The molecule has 0 spiro atoms. The summed E-state index contributed by atoms with van der Waals surface area (Å²) in [6, 6.07) is 0.855. The molecule has 0 aromatic heterocycles. The summed E-state index contributed by atoms with van der Waals surface area (Å²) in [5.41, 5.74) is 1.40. The zero-order chi connectivity index (χ0) is 14.3. The van der Waals surface area contributed by atoms with Crippen molar-refractivity contribution >= 4 is 0 Å². The largest absolute Gasteiger partial charge is 0.395 e. The highest BCUT2D eigenvalue weighted by Gasteiger charge is 2.21. The molecule has 112 valence electrons. The van der Waals surface area contributed by atoms with Gasteiger partial charge >= 0.3 is 0 Å². The molecule has 3 heteroatoms. The van der Waals surface area contributed by atoms with Gasteiger partial charge in [-0.3, -0.25) is 4.90 Å². The Bertz CT molecular complexity index is 264. The molecule has 0 saturated carbocycles. The second-order valence-corrected chi connectivity index (χ2v) is 6.53. The van der Waals surface area contributed by atoms with Crippen molar-refractivity contribution in [1.29, 1.82) is 0 Å². The summed E-state index contributed by atoms with van der Waals surface area (Å²) in [6.45, 7) is 12.4. The molecule has 1 rings (SSSR count). The second-order valence-electron chi connectivity index (χ2n) is 6.53. The molecule has 3 nitrogen and oxygen atoms in total. The van der Waals surface area contributed by atoms with Crippen molar-refractivity contribution in [3.63, 3.8) is 0 Å². The maximum atomic E-state index is 9.42. The van der Waals surface area contributed by atoms with Crippen LogP contribution in [0.5, 0.6) is 0 Å². The topological polar surface area (TPSA) is 35.5 Å². The van der Waals surface area contributed by atoms with Crippen molar-refractivity contribution in [2.24, 2.45) is 5.92 Å². The Balaban J connectivity index is 2.27. The quantitative estimate of drug-likeness (QED) is 0.696. The average molecular weight is 268 g/mol. The van der Waals surface area contributed by atoms with Gasteiger partial charge in [-0.15, -0.1) is 0 Å². The molecule has 1 unspecified atom stereocenters. The van der Waals surface area contributed by atoms with E-state index in [4.69, 9.17) is 0 Å². The number of nitrogens with one attached hydrogen (secondary N) is 1. The second kappa shape index (κ2) is 8.72. The number of piperidine rings is 1. The Labute approximate surface area is 119 Å². The van der Waals surface area contributed by atoms with Crippen molar-refractivity contribution in [2.75, 3.05) is 26.2 Å². The molecule has 19 heavy (non-hydrogen) atoms. The van der Waals surface area contributed by atoms with E-state index in [0.717, 1.165) is 13.0 Å². The van der Waals surface area contributed by atoms with Gasteiger partial charge in [0.1, 0.15) is 0 Å². The fraction of sp³-hybridized carbons (Fsp3) is 0.875. The van der Waals surface area contributed by atoms with Gasteiger partial charge in [-0.25, -0.2) is 0 Å². The number of nitrogens with zero attached hydrogens (tertiary/aromatic N) is 1. The molecule has 1 fully saturated rings. The molecule has 0 aromatic rings. The van der Waals surface area contributed by atoms with Gasteiger partial charge in [0, 0.05) is 18.6 Å². The molecule has 1 heterocycles. The van der Waals surface area contributed by atoms with E-state index in [1.807, 2.05) is 0 Å². The molecule has 1 aliphatic rings. The van der Waals surface area contributed by atoms with Crippen molar-refractivity contribution in [2.45, 2.75) is 59.0 Å². The predicted octanol–water partition coefficient (Wildman–Crippen LogP) is 2.41.